The van der Waals surface area contributed by atoms with E-state index in [1.165, 1.54) is 6.42 Å². The van der Waals surface area contributed by atoms with Crippen molar-refractivity contribution in [1.82, 2.24) is 9.55 Å². The van der Waals surface area contributed by atoms with Crippen molar-refractivity contribution in [3.8, 4) is 0 Å². The van der Waals surface area contributed by atoms with Crippen LogP contribution in [0.1, 0.15) is 57.5 Å². The van der Waals surface area contributed by atoms with Crippen LogP contribution in [0.2, 0.25) is 0 Å². The largest absolute Gasteiger partial charge is 0.384 e. The molecule has 1 aromatic rings. The van der Waals surface area contributed by atoms with Crippen LogP contribution in [0.4, 0.5) is 0 Å². The number of nitrogens with zero attached hydrogens (tertiary/aromatic N) is 2. The second-order valence-electron chi connectivity index (χ2n) is 6.30. The highest BCUT2D eigenvalue weighted by atomic mass is 16.3. The second kappa shape index (κ2) is 4.13. The highest BCUT2D eigenvalue weighted by Crippen LogP contribution is 2.42. The third-order valence-corrected chi connectivity index (χ3v) is 4.36. The Kier molecular flexibility index (Phi) is 3.06. The van der Waals surface area contributed by atoms with E-state index >= 15 is 0 Å². The van der Waals surface area contributed by atoms with Gasteiger partial charge in [-0.3, -0.25) is 0 Å². The van der Waals surface area contributed by atoms with Crippen molar-refractivity contribution < 1.29 is 5.11 Å². The van der Waals surface area contributed by atoms with Crippen molar-refractivity contribution in [1.29, 1.82) is 0 Å². The first-order chi connectivity index (χ1) is 7.84. The summed E-state index contributed by atoms with van der Waals surface area (Å²) in [5, 5.41) is 10.9. The number of rotatable bonds is 1. The van der Waals surface area contributed by atoms with Gasteiger partial charge in [0.1, 0.15) is 11.4 Å². The summed E-state index contributed by atoms with van der Waals surface area (Å²) >= 11 is 0. The molecule has 1 N–H and O–H groups in total. The highest BCUT2D eigenvalue weighted by molar-refractivity contribution is 5.14. The first-order valence-corrected chi connectivity index (χ1v) is 6.55. The summed E-state index contributed by atoms with van der Waals surface area (Å²) in [6, 6.07) is 0. The lowest BCUT2D eigenvalue weighted by atomic mass is 9.84. The molecule has 1 aliphatic rings. The SMILES string of the molecule is Cc1ncc(C2(O)CCCC(C)(C)CC2)n1C. The van der Waals surface area contributed by atoms with Crippen molar-refractivity contribution in [2.45, 2.75) is 58.5 Å². The van der Waals surface area contributed by atoms with E-state index in [1.807, 2.05) is 24.7 Å². The molecule has 1 aromatic heterocycles. The topological polar surface area (TPSA) is 38.1 Å². The Morgan fingerprint density at radius 1 is 1.24 bits per heavy atom. The van der Waals surface area contributed by atoms with Gasteiger partial charge in [0.2, 0.25) is 0 Å². The van der Waals surface area contributed by atoms with Crippen LogP contribution in [0.5, 0.6) is 0 Å². The monoisotopic (exact) mass is 236 g/mol. The number of hydrogen-bond acceptors (Lipinski definition) is 2. The maximum atomic E-state index is 10.9. The molecule has 1 saturated carbocycles. The minimum Gasteiger partial charge on any atom is -0.384 e. The summed E-state index contributed by atoms with van der Waals surface area (Å²) < 4.78 is 2.03. The van der Waals surface area contributed by atoms with Crippen molar-refractivity contribution >= 4 is 0 Å². The summed E-state index contributed by atoms with van der Waals surface area (Å²) in [5.74, 6) is 0.969. The third kappa shape index (κ3) is 2.39. The van der Waals surface area contributed by atoms with Crippen molar-refractivity contribution in [3.63, 3.8) is 0 Å². The van der Waals surface area contributed by atoms with E-state index in [9.17, 15) is 5.11 Å². The minimum atomic E-state index is -0.677. The number of imidazole rings is 1. The Morgan fingerprint density at radius 3 is 2.53 bits per heavy atom. The van der Waals surface area contributed by atoms with Crippen LogP contribution in [0, 0.1) is 12.3 Å². The maximum Gasteiger partial charge on any atom is 0.106 e. The molecule has 0 aliphatic heterocycles. The van der Waals surface area contributed by atoms with Gasteiger partial charge in [0.05, 0.1) is 11.9 Å². The molecule has 3 nitrogen and oxygen atoms in total. The van der Waals surface area contributed by atoms with Crippen LogP contribution in [0.3, 0.4) is 0 Å². The van der Waals surface area contributed by atoms with Crippen LogP contribution in [0.25, 0.3) is 0 Å². The average molecular weight is 236 g/mol. The van der Waals surface area contributed by atoms with Crippen molar-refractivity contribution in [2.24, 2.45) is 12.5 Å². The standard InChI is InChI=1S/C14H24N2O/c1-11-15-10-12(16(11)4)14(17)7-5-6-13(2,3)8-9-14/h10,17H,5-9H2,1-4H3. The van der Waals surface area contributed by atoms with E-state index in [1.54, 1.807) is 0 Å². The Hall–Kier alpha value is -0.830. The molecule has 1 atom stereocenters. The van der Waals surface area contributed by atoms with Gasteiger partial charge in [0.25, 0.3) is 0 Å². The first kappa shape index (κ1) is 12.6. The normalized spacial score (nSPS) is 29.0. The van der Waals surface area contributed by atoms with Crippen LogP contribution < -0.4 is 0 Å². The first-order valence-electron chi connectivity index (χ1n) is 6.55. The minimum absolute atomic E-state index is 0.359. The van der Waals surface area contributed by atoms with Gasteiger partial charge < -0.3 is 9.67 Å². The lowest BCUT2D eigenvalue weighted by molar-refractivity contribution is 0.0110. The Bertz CT molecular complexity index is 408. The molecule has 0 aromatic carbocycles. The molecule has 1 unspecified atom stereocenters. The van der Waals surface area contributed by atoms with E-state index in [0.717, 1.165) is 37.2 Å². The van der Waals surface area contributed by atoms with Gasteiger partial charge in [0, 0.05) is 7.05 Å². The number of aliphatic hydroxyl groups is 1. The van der Waals surface area contributed by atoms with Crippen molar-refractivity contribution in [2.75, 3.05) is 0 Å². The van der Waals surface area contributed by atoms with Gasteiger partial charge in [-0.1, -0.05) is 13.8 Å². The van der Waals surface area contributed by atoms with Crippen molar-refractivity contribution in [3.05, 3.63) is 17.7 Å². The Balaban J connectivity index is 2.27. The van der Waals surface area contributed by atoms with Crippen LogP contribution in [-0.2, 0) is 12.6 Å². The van der Waals surface area contributed by atoms with Gasteiger partial charge in [0.15, 0.2) is 0 Å². The third-order valence-electron chi connectivity index (χ3n) is 4.36. The molecule has 0 bridgehead atoms. The van der Waals surface area contributed by atoms with Crippen LogP contribution in [-0.4, -0.2) is 14.7 Å². The number of aromatic nitrogens is 2. The molecular weight excluding hydrogens is 212 g/mol. The summed E-state index contributed by atoms with van der Waals surface area (Å²) in [5.41, 5.74) is 0.662. The fraction of sp³-hybridized carbons (Fsp3) is 0.786. The molecule has 0 amide bonds. The molecule has 0 spiro atoms. The smallest absolute Gasteiger partial charge is 0.106 e. The van der Waals surface area contributed by atoms with Gasteiger partial charge in [-0.25, -0.2) is 4.98 Å². The second-order valence-corrected chi connectivity index (χ2v) is 6.30. The quantitative estimate of drug-likeness (QED) is 0.761. The fourth-order valence-corrected chi connectivity index (χ4v) is 2.85. The summed E-state index contributed by atoms with van der Waals surface area (Å²) in [4.78, 5) is 4.31. The molecule has 17 heavy (non-hydrogen) atoms. The Morgan fingerprint density at radius 2 is 1.94 bits per heavy atom. The lowest BCUT2D eigenvalue weighted by Gasteiger charge is -2.28. The predicted molar refractivity (Wildman–Crippen MR) is 68.7 cm³/mol. The molecule has 1 aliphatic carbocycles. The molecule has 1 fully saturated rings. The summed E-state index contributed by atoms with van der Waals surface area (Å²) in [7, 11) is 1.99. The predicted octanol–water partition coefficient (Wildman–Crippen LogP) is 2.91. The number of aryl methyl sites for hydroxylation is 1. The van der Waals surface area contributed by atoms with E-state index in [0.29, 0.717) is 5.41 Å². The molecule has 3 heteroatoms. The van der Waals surface area contributed by atoms with Gasteiger partial charge in [-0.05, 0) is 44.4 Å². The lowest BCUT2D eigenvalue weighted by Crippen LogP contribution is -2.28. The van der Waals surface area contributed by atoms with E-state index in [-0.39, 0.29) is 0 Å². The average Bonchev–Trinajstić information content (AvgIpc) is 2.50. The Labute approximate surface area is 104 Å². The molecule has 1 heterocycles. The van der Waals surface area contributed by atoms with Gasteiger partial charge in [-0.2, -0.15) is 0 Å². The van der Waals surface area contributed by atoms with Gasteiger partial charge >= 0.3 is 0 Å². The molecule has 0 saturated heterocycles. The molecule has 96 valence electrons. The highest BCUT2D eigenvalue weighted by Gasteiger charge is 2.37. The number of hydrogen-bond donors (Lipinski definition) is 1. The zero-order valence-corrected chi connectivity index (χ0v) is 11.5. The molecule has 0 radical (unpaired) electrons. The zero-order valence-electron chi connectivity index (χ0n) is 11.5. The molecular formula is C14H24N2O. The van der Waals surface area contributed by atoms with E-state index < -0.39 is 5.60 Å². The van der Waals surface area contributed by atoms with Gasteiger partial charge in [-0.15, -0.1) is 0 Å². The van der Waals surface area contributed by atoms with Crippen LogP contribution in [0.15, 0.2) is 6.20 Å². The van der Waals surface area contributed by atoms with Crippen LogP contribution >= 0.6 is 0 Å². The molecule has 2 rings (SSSR count). The summed E-state index contributed by atoms with van der Waals surface area (Å²) in [6.07, 6.45) is 6.91. The maximum absolute atomic E-state index is 10.9. The fourth-order valence-electron chi connectivity index (χ4n) is 2.85. The zero-order chi connectivity index (χ0) is 12.7. The van der Waals surface area contributed by atoms with E-state index in [4.69, 9.17) is 0 Å². The summed E-state index contributed by atoms with van der Waals surface area (Å²) in [6.45, 7) is 6.58. The van der Waals surface area contributed by atoms with E-state index in [2.05, 4.69) is 18.8 Å².